The quantitative estimate of drug-likeness (QED) is 0.534. The van der Waals surface area contributed by atoms with Gasteiger partial charge in [0, 0.05) is 36.8 Å². The summed E-state index contributed by atoms with van der Waals surface area (Å²) in [6.45, 7) is 0.210. The number of aromatic nitrogens is 1. The third-order valence-corrected chi connectivity index (χ3v) is 5.64. The number of furan rings is 1. The molecular formula is C21H19N5O5. The zero-order chi connectivity index (χ0) is 21.8. The summed E-state index contributed by atoms with van der Waals surface area (Å²) < 4.78 is 11.2. The van der Waals surface area contributed by atoms with Crippen molar-refractivity contribution >= 4 is 34.6 Å². The number of pyridine rings is 1. The number of benzene rings is 1. The van der Waals surface area contributed by atoms with Gasteiger partial charge in [0.2, 0.25) is 0 Å². The average molecular weight is 421 g/mol. The van der Waals surface area contributed by atoms with E-state index in [0.29, 0.717) is 34.6 Å². The van der Waals surface area contributed by atoms with Crippen LogP contribution in [0, 0.1) is 0 Å². The zero-order valence-corrected chi connectivity index (χ0v) is 16.8. The van der Waals surface area contributed by atoms with E-state index in [1.165, 1.54) is 12.0 Å². The van der Waals surface area contributed by atoms with Gasteiger partial charge in [0.05, 0.1) is 13.7 Å². The fourth-order valence-electron chi connectivity index (χ4n) is 4.02. The lowest BCUT2D eigenvalue weighted by Gasteiger charge is -2.29. The highest BCUT2D eigenvalue weighted by Crippen LogP contribution is 2.35. The fraction of sp³-hybridized carbons (Fsp3) is 0.238. The first-order chi connectivity index (χ1) is 14.9. The van der Waals surface area contributed by atoms with Crippen molar-refractivity contribution in [1.82, 2.24) is 20.5 Å². The maximum atomic E-state index is 13.0. The van der Waals surface area contributed by atoms with E-state index in [-0.39, 0.29) is 18.2 Å². The molecule has 0 radical (unpaired) electrons. The summed E-state index contributed by atoms with van der Waals surface area (Å²) >= 11 is 0. The molecule has 2 aliphatic heterocycles. The summed E-state index contributed by atoms with van der Waals surface area (Å²) in [5, 5.41) is 8.53. The standard InChI is InChI=1S/C21H19N5O5/c1-22-17-7-15-12(8-23-17)5-16(31-15)21(19(28)24-20(29)25-21)10-26-9-11-3-4-13(30-2)6-14(11)18(26)27/h3-8H,9-10H2,1-2H3,(H,22,23)(H2,24,25,28,29)/t21-/m0/s1. The number of hydrogen-bond donors (Lipinski definition) is 3. The minimum atomic E-state index is -1.56. The Balaban J connectivity index is 1.54. The highest BCUT2D eigenvalue weighted by Gasteiger charge is 2.53. The Morgan fingerprint density at radius 3 is 2.81 bits per heavy atom. The van der Waals surface area contributed by atoms with Crippen molar-refractivity contribution in [2.45, 2.75) is 12.1 Å². The number of carbonyl (C=O) groups excluding carboxylic acids is 3. The molecule has 5 rings (SSSR count). The van der Waals surface area contributed by atoms with Gasteiger partial charge >= 0.3 is 6.03 Å². The van der Waals surface area contributed by atoms with E-state index in [9.17, 15) is 14.4 Å². The number of urea groups is 1. The van der Waals surface area contributed by atoms with E-state index in [4.69, 9.17) is 9.15 Å². The van der Waals surface area contributed by atoms with Crippen molar-refractivity contribution in [1.29, 1.82) is 0 Å². The molecule has 1 fully saturated rings. The number of hydrogen-bond acceptors (Lipinski definition) is 7. The molecule has 4 amide bonds. The Labute approximate surface area is 176 Å². The van der Waals surface area contributed by atoms with Crippen molar-refractivity contribution < 1.29 is 23.5 Å². The molecule has 1 aromatic carbocycles. The van der Waals surface area contributed by atoms with Gasteiger partial charge in [0.1, 0.15) is 22.9 Å². The Kier molecular flexibility index (Phi) is 4.10. The van der Waals surface area contributed by atoms with Crippen LogP contribution in [0.15, 0.2) is 40.9 Å². The molecule has 3 aromatic rings. The second kappa shape index (κ2) is 6.73. The van der Waals surface area contributed by atoms with Crippen molar-refractivity contribution in [3.8, 4) is 5.75 Å². The summed E-state index contributed by atoms with van der Waals surface area (Å²) in [5.74, 6) is 0.557. The van der Waals surface area contributed by atoms with Gasteiger partial charge in [-0.05, 0) is 23.8 Å². The smallest absolute Gasteiger partial charge is 0.322 e. The van der Waals surface area contributed by atoms with Crippen molar-refractivity contribution in [2.24, 2.45) is 0 Å². The van der Waals surface area contributed by atoms with Crippen LogP contribution in [-0.2, 0) is 16.9 Å². The Hall–Kier alpha value is -4.08. The van der Waals surface area contributed by atoms with Gasteiger partial charge in [-0.3, -0.25) is 14.9 Å². The van der Waals surface area contributed by atoms with Gasteiger partial charge in [-0.2, -0.15) is 0 Å². The fourth-order valence-corrected chi connectivity index (χ4v) is 4.02. The van der Waals surface area contributed by atoms with Crippen molar-refractivity contribution in [3.63, 3.8) is 0 Å². The molecule has 4 heterocycles. The van der Waals surface area contributed by atoms with E-state index >= 15 is 0 Å². The molecule has 2 aliphatic rings. The number of amides is 4. The highest BCUT2D eigenvalue weighted by molar-refractivity contribution is 6.08. The molecule has 0 spiro atoms. The second-order valence-corrected chi connectivity index (χ2v) is 7.47. The zero-order valence-electron chi connectivity index (χ0n) is 16.8. The van der Waals surface area contributed by atoms with E-state index in [1.54, 1.807) is 37.5 Å². The lowest BCUT2D eigenvalue weighted by atomic mass is 9.95. The first-order valence-electron chi connectivity index (χ1n) is 9.61. The maximum Gasteiger partial charge on any atom is 0.322 e. The van der Waals surface area contributed by atoms with Gasteiger partial charge in [-0.25, -0.2) is 9.78 Å². The van der Waals surface area contributed by atoms with Gasteiger partial charge < -0.3 is 24.7 Å². The minimum Gasteiger partial charge on any atom is -0.497 e. The number of methoxy groups -OCH3 is 1. The number of nitrogens with one attached hydrogen (secondary N) is 3. The van der Waals surface area contributed by atoms with Crippen LogP contribution in [0.2, 0.25) is 0 Å². The number of nitrogens with zero attached hydrogens (tertiary/aromatic N) is 2. The number of imide groups is 1. The molecule has 3 N–H and O–H groups in total. The number of ether oxygens (including phenoxy) is 1. The minimum absolute atomic E-state index is 0.0907. The molecule has 10 heteroatoms. The highest BCUT2D eigenvalue weighted by atomic mass is 16.5. The SMILES string of the molecule is CNc1cc2oc([C@]3(CN4Cc5ccc(OC)cc5C4=O)NC(=O)NC3=O)cc2cn1. The van der Waals surface area contributed by atoms with Crippen LogP contribution in [0.25, 0.3) is 11.0 Å². The van der Waals surface area contributed by atoms with Gasteiger partial charge in [0.25, 0.3) is 11.8 Å². The number of anilines is 1. The van der Waals surface area contributed by atoms with Crippen LogP contribution < -0.4 is 20.7 Å². The molecule has 10 nitrogen and oxygen atoms in total. The average Bonchev–Trinajstić information content (AvgIpc) is 3.41. The molecule has 2 aromatic heterocycles. The third-order valence-electron chi connectivity index (χ3n) is 5.64. The Morgan fingerprint density at radius 1 is 1.26 bits per heavy atom. The van der Waals surface area contributed by atoms with Crippen LogP contribution in [0.3, 0.4) is 0 Å². The number of rotatable bonds is 5. The van der Waals surface area contributed by atoms with Crippen LogP contribution in [0.1, 0.15) is 21.7 Å². The topological polar surface area (TPSA) is 126 Å². The Bertz CT molecular complexity index is 1250. The van der Waals surface area contributed by atoms with Crippen molar-refractivity contribution in [2.75, 3.05) is 26.0 Å². The lowest BCUT2D eigenvalue weighted by molar-refractivity contribution is -0.125. The first kappa shape index (κ1) is 18.9. The summed E-state index contributed by atoms with van der Waals surface area (Å²) in [5.41, 5.74) is 0.269. The lowest BCUT2D eigenvalue weighted by Crippen LogP contribution is -2.52. The molecule has 1 saturated heterocycles. The predicted molar refractivity (Wildman–Crippen MR) is 110 cm³/mol. The van der Waals surface area contributed by atoms with Gasteiger partial charge in [-0.15, -0.1) is 0 Å². The molecule has 0 bridgehead atoms. The number of fused-ring (bicyclic) bond motifs is 2. The Morgan fingerprint density at radius 2 is 2.10 bits per heavy atom. The van der Waals surface area contributed by atoms with Crippen LogP contribution >= 0.6 is 0 Å². The number of carbonyl (C=O) groups is 3. The summed E-state index contributed by atoms with van der Waals surface area (Å²) in [7, 11) is 3.26. The van der Waals surface area contributed by atoms with E-state index in [0.717, 1.165) is 5.56 Å². The molecule has 31 heavy (non-hydrogen) atoms. The first-order valence-corrected chi connectivity index (χ1v) is 9.61. The molecule has 1 atom stereocenters. The molecule has 158 valence electrons. The second-order valence-electron chi connectivity index (χ2n) is 7.47. The van der Waals surface area contributed by atoms with Crippen LogP contribution in [-0.4, -0.2) is 48.4 Å². The normalized spacial score (nSPS) is 20.1. The monoisotopic (exact) mass is 421 g/mol. The largest absolute Gasteiger partial charge is 0.497 e. The van der Waals surface area contributed by atoms with Crippen LogP contribution in [0.5, 0.6) is 5.75 Å². The van der Waals surface area contributed by atoms with Crippen LogP contribution in [0.4, 0.5) is 10.6 Å². The summed E-state index contributed by atoms with van der Waals surface area (Å²) in [4.78, 5) is 43.8. The predicted octanol–water partition coefficient (Wildman–Crippen LogP) is 1.57. The molecule has 0 saturated carbocycles. The summed E-state index contributed by atoms with van der Waals surface area (Å²) in [6.07, 6.45) is 1.61. The van der Waals surface area contributed by atoms with E-state index < -0.39 is 17.5 Å². The van der Waals surface area contributed by atoms with Crippen molar-refractivity contribution in [3.05, 3.63) is 53.4 Å². The maximum absolute atomic E-state index is 13.0. The summed E-state index contributed by atoms with van der Waals surface area (Å²) in [6, 6.07) is 7.97. The third kappa shape index (κ3) is 2.87. The van der Waals surface area contributed by atoms with Gasteiger partial charge in [0.15, 0.2) is 5.54 Å². The van der Waals surface area contributed by atoms with E-state index in [1.807, 2.05) is 6.07 Å². The van der Waals surface area contributed by atoms with Gasteiger partial charge in [-0.1, -0.05) is 6.07 Å². The van der Waals surface area contributed by atoms with E-state index in [2.05, 4.69) is 20.9 Å². The molecule has 0 aliphatic carbocycles. The molecule has 0 unspecified atom stereocenters. The molecular weight excluding hydrogens is 402 g/mol.